The van der Waals surface area contributed by atoms with Crippen LogP contribution in [-0.4, -0.2) is 99.0 Å². The highest BCUT2D eigenvalue weighted by Crippen LogP contribution is 2.50. The van der Waals surface area contributed by atoms with E-state index in [0.29, 0.717) is 11.4 Å². The van der Waals surface area contributed by atoms with Gasteiger partial charge >= 0.3 is 28.0 Å². The van der Waals surface area contributed by atoms with Crippen molar-refractivity contribution in [1.29, 1.82) is 0 Å². The average molecular weight is 862 g/mol. The summed E-state index contributed by atoms with van der Waals surface area (Å²) >= 11 is 0. The van der Waals surface area contributed by atoms with Crippen molar-refractivity contribution >= 4 is 68.3 Å². The molecule has 7 N–H and O–H groups in total. The molecule has 59 heavy (non-hydrogen) atoms. The SMILES string of the molecule is CCO[P+](=O)OCC(CNC(=O)c1ccccc1Nc1nc2ncc(CNc3ccc(C(=O)NC(CCC(=O)O)C(=O)O)cc3)nc2c(=O)[nH]1)OP(=O)(OCC)OCC. The third-order valence-corrected chi connectivity index (χ3v) is 10.2. The summed E-state index contributed by atoms with van der Waals surface area (Å²) in [7, 11) is -6.59. The second kappa shape index (κ2) is 22.4. The highest BCUT2D eigenvalue weighted by atomic mass is 31.2. The van der Waals surface area contributed by atoms with E-state index < -0.39 is 70.6 Å². The first-order chi connectivity index (χ1) is 28.2. The van der Waals surface area contributed by atoms with Crippen LogP contribution in [0, 0.1) is 0 Å². The van der Waals surface area contributed by atoms with Crippen molar-refractivity contribution in [2.75, 3.05) is 43.6 Å². The summed E-state index contributed by atoms with van der Waals surface area (Å²) < 4.78 is 51.1. The predicted molar refractivity (Wildman–Crippen MR) is 210 cm³/mol. The van der Waals surface area contributed by atoms with Gasteiger partial charge < -0.3 is 31.5 Å². The number of hydrogen-bond donors (Lipinski definition) is 7. The van der Waals surface area contributed by atoms with Crippen LogP contribution in [-0.2, 0) is 47.9 Å². The number of aliphatic carboxylic acids is 2. The van der Waals surface area contributed by atoms with Gasteiger partial charge in [0.25, 0.3) is 17.4 Å². The number of carboxylic acids is 2. The Balaban J connectivity index is 1.41. The molecule has 0 aliphatic rings. The summed E-state index contributed by atoms with van der Waals surface area (Å²) in [4.78, 5) is 76.9. The molecule has 4 rings (SSSR count). The van der Waals surface area contributed by atoms with E-state index in [-0.39, 0.29) is 73.3 Å². The van der Waals surface area contributed by atoms with Gasteiger partial charge in [0.15, 0.2) is 11.2 Å². The minimum Gasteiger partial charge on any atom is -0.481 e. The molecular formula is C35H43N8O14P2+. The van der Waals surface area contributed by atoms with Gasteiger partial charge in [-0.1, -0.05) is 12.1 Å². The topological polar surface area (TPSA) is 309 Å². The second-order valence-corrected chi connectivity index (χ2v) is 14.6. The Labute approximate surface area is 337 Å². The molecule has 22 nitrogen and oxygen atoms in total. The van der Waals surface area contributed by atoms with Gasteiger partial charge in [0, 0.05) is 28.8 Å². The standard InChI is InChI=1S/C35H42N8O14P2/c1-4-53-58(51)54-20-24(57-59(52,55-5-2)56-6-3)19-38-32(47)25-9-7-8-10-26(25)41-35-42-30-29(33(48)43-35)39-23(18-37-30)17-36-22-13-11-21(12-14-22)31(46)40-27(34(49)50)15-16-28(44)45/h7-14,18,24,27H,4-6,15-17,19-20H2,1-3H3,(H6-,36,37,38,40,41,42,43,44,45,46,47,48,49,50)/p+1. The van der Waals surface area contributed by atoms with Crippen LogP contribution in [0.4, 0.5) is 17.3 Å². The van der Waals surface area contributed by atoms with E-state index in [1.807, 2.05) is 0 Å². The van der Waals surface area contributed by atoms with E-state index in [9.17, 15) is 38.2 Å². The zero-order valence-electron chi connectivity index (χ0n) is 32.0. The molecule has 0 radical (unpaired) electrons. The van der Waals surface area contributed by atoms with E-state index in [2.05, 4.69) is 41.2 Å². The summed E-state index contributed by atoms with van der Waals surface area (Å²) in [6.45, 7) is 4.36. The van der Waals surface area contributed by atoms with Crippen LogP contribution < -0.4 is 26.8 Å². The van der Waals surface area contributed by atoms with E-state index in [1.165, 1.54) is 24.4 Å². The lowest BCUT2D eigenvalue weighted by atomic mass is 10.1. The molecule has 0 saturated carbocycles. The smallest absolute Gasteiger partial charge is 0.481 e. The number of rotatable bonds is 25. The molecule has 2 heterocycles. The van der Waals surface area contributed by atoms with Crippen LogP contribution in [0.25, 0.3) is 11.2 Å². The Morgan fingerprint density at radius 1 is 0.932 bits per heavy atom. The van der Waals surface area contributed by atoms with Crippen molar-refractivity contribution in [3.63, 3.8) is 0 Å². The molecule has 2 aromatic heterocycles. The number of hydrogen-bond acceptors (Lipinski definition) is 17. The number of amides is 2. The Bertz CT molecular complexity index is 2220. The molecule has 0 saturated heterocycles. The first-order valence-electron chi connectivity index (χ1n) is 18.0. The number of benzene rings is 2. The van der Waals surface area contributed by atoms with Gasteiger partial charge in [-0.3, -0.25) is 37.7 Å². The number of nitrogens with zero attached hydrogens (tertiary/aromatic N) is 3. The summed E-state index contributed by atoms with van der Waals surface area (Å²) in [6, 6.07) is 11.0. The maximum absolute atomic E-state index is 13.4. The molecule has 3 unspecified atom stereocenters. The molecule has 0 aliphatic heterocycles. The summed E-state index contributed by atoms with van der Waals surface area (Å²) in [6.07, 6.45) is -0.438. The van der Waals surface area contributed by atoms with Gasteiger partial charge in [0.05, 0.1) is 42.9 Å². The molecule has 2 amide bonds. The minimum absolute atomic E-state index is 0.000200. The zero-order valence-corrected chi connectivity index (χ0v) is 33.8. The zero-order chi connectivity index (χ0) is 43.0. The number of phosphoric acid groups is 1. The van der Waals surface area contributed by atoms with Gasteiger partial charge in [0.2, 0.25) is 5.95 Å². The number of phosphoric ester groups is 1. The van der Waals surface area contributed by atoms with Crippen molar-refractivity contribution in [3.8, 4) is 0 Å². The largest absolute Gasteiger partial charge is 0.697 e. The fourth-order valence-corrected chi connectivity index (χ4v) is 6.93. The lowest BCUT2D eigenvalue weighted by Crippen LogP contribution is -2.41. The van der Waals surface area contributed by atoms with Gasteiger partial charge in [-0.25, -0.2) is 19.3 Å². The molecule has 0 fully saturated rings. The molecule has 316 valence electrons. The quantitative estimate of drug-likeness (QED) is 0.0461. The maximum Gasteiger partial charge on any atom is 0.697 e. The molecule has 24 heteroatoms. The first-order valence-corrected chi connectivity index (χ1v) is 20.6. The highest BCUT2D eigenvalue weighted by molar-refractivity contribution is 7.48. The normalized spacial score (nSPS) is 12.6. The van der Waals surface area contributed by atoms with E-state index in [1.54, 1.807) is 51.1 Å². The first kappa shape index (κ1) is 46.0. The van der Waals surface area contributed by atoms with Gasteiger partial charge in [-0.2, -0.15) is 4.98 Å². The van der Waals surface area contributed by atoms with Crippen molar-refractivity contribution in [1.82, 2.24) is 30.6 Å². The van der Waals surface area contributed by atoms with E-state index >= 15 is 0 Å². The lowest BCUT2D eigenvalue weighted by molar-refractivity contribution is -0.140. The Kier molecular flexibility index (Phi) is 17.5. The number of nitrogens with one attached hydrogen (secondary N) is 5. The summed E-state index contributed by atoms with van der Waals surface area (Å²) in [5, 5.41) is 29.1. The van der Waals surface area contributed by atoms with Crippen LogP contribution in [0.1, 0.15) is 60.0 Å². The number of carboxylic acid groups (broad SMARTS) is 2. The Morgan fingerprint density at radius 3 is 2.31 bits per heavy atom. The fourth-order valence-electron chi connectivity index (χ4n) is 5.03. The number of carbonyl (C=O) groups excluding carboxylic acids is 2. The Hall–Kier alpha value is -5.73. The molecule has 0 spiro atoms. The van der Waals surface area contributed by atoms with Gasteiger partial charge in [-0.15, -0.1) is 9.05 Å². The number of para-hydroxylation sites is 1. The van der Waals surface area contributed by atoms with Crippen LogP contribution in [0.5, 0.6) is 0 Å². The summed E-state index contributed by atoms with van der Waals surface area (Å²) in [5.74, 6) is -3.89. The average Bonchev–Trinajstić information content (AvgIpc) is 3.20. The molecule has 0 aliphatic carbocycles. The molecule has 2 aromatic carbocycles. The molecule has 3 atom stereocenters. The van der Waals surface area contributed by atoms with Crippen LogP contribution in [0.15, 0.2) is 59.5 Å². The van der Waals surface area contributed by atoms with Crippen molar-refractivity contribution in [2.45, 2.75) is 52.3 Å². The monoisotopic (exact) mass is 861 g/mol. The fraction of sp³-hybridized carbons (Fsp3) is 0.371. The van der Waals surface area contributed by atoms with Crippen LogP contribution in [0.3, 0.4) is 0 Å². The summed E-state index contributed by atoms with van der Waals surface area (Å²) in [5.41, 5.74) is 0.738. The van der Waals surface area contributed by atoms with Crippen molar-refractivity contribution < 1.29 is 61.1 Å². The third kappa shape index (κ3) is 14.3. The van der Waals surface area contributed by atoms with Crippen LogP contribution >= 0.6 is 16.1 Å². The second-order valence-electron chi connectivity index (χ2n) is 12.0. The highest BCUT2D eigenvalue weighted by Gasteiger charge is 2.33. The molecular weight excluding hydrogens is 818 g/mol. The van der Waals surface area contributed by atoms with Gasteiger partial charge in [0.1, 0.15) is 25.4 Å². The number of aromatic amines is 1. The number of anilines is 3. The number of aromatic nitrogens is 4. The number of carbonyl (C=O) groups is 4. The number of H-pyrrole nitrogens is 1. The minimum atomic E-state index is -4.07. The maximum atomic E-state index is 13.4. The molecule has 4 aromatic rings. The van der Waals surface area contributed by atoms with Crippen molar-refractivity contribution in [2.24, 2.45) is 0 Å². The van der Waals surface area contributed by atoms with E-state index in [4.69, 9.17) is 27.7 Å². The predicted octanol–water partition coefficient (Wildman–Crippen LogP) is 4.12. The Morgan fingerprint density at radius 2 is 1.64 bits per heavy atom. The van der Waals surface area contributed by atoms with Gasteiger partial charge in [-0.05, 0) is 63.6 Å². The van der Waals surface area contributed by atoms with Crippen LogP contribution in [0.2, 0.25) is 0 Å². The molecule has 0 bridgehead atoms. The lowest BCUT2D eigenvalue weighted by Gasteiger charge is -2.22. The number of fused-ring (bicyclic) bond motifs is 1. The third-order valence-electron chi connectivity index (χ3n) is 7.71. The van der Waals surface area contributed by atoms with E-state index in [0.717, 1.165) is 0 Å². The van der Waals surface area contributed by atoms with Crippen molar-refractivity contribution in [3.05, 3.63) is 81.9 Å².